The molecule has 0 aliphatic heterocycles. The van der Waals surface area contributed by atoms with E-state index in [4.69, 9.17) is 11.6 Å². The highest BCUT2D eigenvalue weighted by molar-refractivity contribution is 6.17. The van der Waals surface area contributed by atoms with Crippen molar-refractivity contribution in [3.8, 4) is 0 Å². The Bertz CT molecular complexity index is 336. The minimum atomic E-state index is 0.533. The van der Waals surface area contributed by atoms with E-state index in [1.807, 2.05) is 12.4 Å². The van der Waals surface area contributed by atoms with Crippen LogP contribution in [0.25, 0.3) is 0 Å². The number of pyridine rings is 1. The lowest BCUT2D eigenvalue weighted by Gasteiger charge is -2.28. The van der Waals surface area contributed by atoms with Crippen LogP contribution in [0.15, 0.2) is 18.5 Å². The first-order valence-electron chi connectivity index (χ1n) is 5.45. The van der Waals surface area contributed by atoms with Crippen molar-refractivity contribution in [2.45, 2.75) is 31.7 Å². The van der Waals surface area contributed by atoms with Crippen molar-refractivity contribution in [2.75, 3.05) is 11.9 Å². The molecule has 0 radical (unpaired) electrons. The molecule has 3 heteroatoms. The Kier molecular flexibility index (Phi) is 3.15. The van der Waals surface area contributed by atoms with Crippen molar-refractivity contribution in [2.24, 2.45) is 5.92 Å². The topological polar surface area (TPSA) is 16.1 Å². The molecule has 15 heavy (non-hydrogen) atoms. The van der Waals surface area contributed by atoms with Crippen LogP contribution in [0.5, 0.6) is 0 Å². The van der Waals surface area contributed by atoms with Gasteiger partial charge in [0.05, 0.1) is 5.88 Å². The second-order valence-corrected chi connectivity index (χ2v) is 4.59. The molecular weight excluding hydrogens is 208 g/mol. The van der Waals surface area contributed by atoms with Crippen LogP contribution in [0.2, 0.25) is 0 Å². The first kappa shape index (κ1) is 10.7. The second-order valence-electron chi connectivity index (χ2n) is 4.33. The highest BCUT2D eigenvalue weighted by Crippen LogP contribution is 2.36. The van der Waals surface area contributed by atoms with Gasteiger partial charge in [-0.05, 0) is 31.7 Å². The summed E-state index contributed by atoms with van der Waals surface area (Å²) in [6.07, 6.45) is 6.43. The van der Waals surface area contributed by atoms with Gasteiger partial charge in [0, 0.05) is 36.7 Å². The third-order valence-corrected chi connectivity index (χ3v) is 3.60. The van der Waals surface area contributed by atoms with Crippen molar-refractivity contribution in [3.05, 3.63) is 24.0 Å². The summed E-state index contributed by atoms with van der Waals surface area (Å²) < 4.78 is 0. The third-order valence-electron chi connectivity index (χ3n) is 3.32. The Hall–Kier alpha value is -0.760. The summed E-state index contributed by atoms with van der Waals surface area (Å²) in [5, 5.41) is 0. The quantitative estimate of drug-likeness (QED) is 0.731. The van der Waals surface area contributed by atoms with E-state index in [0.717, 1.165) is 11.5 Å². The predicted octanol–water partition coefficient (Wildman–Crippen LogP) is 3.06. The first-order chi connectivity index (χ1) is 7.24. The molecule has 82 valence electrons. The van der Waals surface area contributed by atoms with E-state index in [2.05, 4.69) is 29.9 Å². The zero-order valence-electron chi connectivity index (χ0n) is 9.28. The fourth-order valence-electron chi connectivity index (χ4n) is 1.98. The highest BCUT2D eigenvalue weighted by atomic mass is 35.5. The molecule has 1 fully saturated rings. The van der Waals surface area contributed by atoms with Gasteiger partial charge in [0.25, 0.3) is 0 Å². The molecule has 1 aliphatic rings. The number of hydrogen-bond acceptors (Lipinski definition) is 2. The van der Waals surface area contributed by atoms with Crippen molar-refractivity contribution >= 4 is 17.3 Å². The molecule has 1 atom stereocenters. The SMILES string of the molecule is CC(C1CC1)N(C)c1ccncc1CCl. The molecule has 1 aromatic rings. The number of halogens is 1. The molecule has 1 aromatic heterocycles. The van der Waals surface area contributed by atoms with Crippen molar-refractivity contribution in [3.63, 3.8) is 0 Å². The predicted molar refractivity (Wildman–Crippen MR) is 64.4 cm³/mol. The van der Waals surface area contributed by atoms with Crippen LogP contribution in [0.1, 0.15) is 25.3 Å². The zero-order chi connectivity index (χ0) is 10.8. The molecule has 0 aromatic carbocycles. The zero-order valence-corrected chi connectivity index (χ0v) is 10.0. The van der Waals surface area contributed by atoms with Gasteiger partial charge in [-0.3, -0.25) is 4.98 Å². The Morgan fingerprint density at radius 1 is 1.60 bits per heavy atom. The number of nitrogens with zero attached hydrogens (tertiary/aromatic N) is 2. The molecule has 0 spiro atoms. The lowest BCUT2D eigenvalue weighted by Crippen LogP contribution is -2.31. The average Bonchev–Trinajstić information content (AvgIpc) is 3.11. The summed E-state index contributed by atoms with van der Waals surface area (Å²) >= 11 is 5.91. The molecule has 0 N–H and O–H groups in total. The Morgan fingerprint density at radius 2 is 2.33 bits per heavy atom. The van der Waals surface area contributed by atoms with Gasteiger partial charge in [0.1, 0.15) is 0 Å². The van der Waals surface area contributed by atoms with Gasteiger partial charge in [-0.25, -0.2) is 0 Å². The van der Waals surface area contributed by atoms with E-state index in [1.165, 1.54) is 18.5 Å². The summed E-state index contributed by atoms with van der Waals surface area (Å²) in [4.78, 5) is 6.44. The Labute approximate surface area is 96.3 Å². The normalized spacial score (nSPS) is 17.5. The van der Waals surface area contributed by atoms with Gasteiger partial charge in [-0.1, -0.05) is 0 Å². The number of rotatable bonds is 4. The van der Waals surface area contributed by atoms with E-state index in [0.29, 0.717) is 11.9 Å². The minimum Gasteiger partial charge on any atom is -0.371 e. The molecule has 1 saturated carbocycles. The number of aromatic nitrogens is 1. The molecule has 2 nitrogen and oxygen atoms in total. The van der Waals surface area contributed by atoms with E-state index < -0.39 is 0 Å². The summed E-state index contributed by atoms with van der Waals surface area (Å²) in [6, 6.07) is 2.66. The molecular formula is C12H17ClN2. The van der Waals surface area contributed by atoms with E-state index in [-0.39, 0.29) is 0 Å². The van der Waals surface area contributed by atoms with Gasteiger partial charge in [-0.15, -0.1) is 11.6 Å². The maximum absolute atomic E-state index is 5.91. The highest BCUT2D eigenvalue weighted by Gasteiger charge is 2.31. The van der Waals surface area contributed by atoms with Crippen LogP contribution < -0.4 is 4.90 Å². The average molecular weight is 225 g/mol. The summed E-state index contributed by atoms with van der Waals surface area (Å²) in [6.45, 7) is 2.29. The van der Waals surface area contributed by atoms with E-state index in [9.17, 15) is 0 Å². The van der Waals surface area contributed by atoms with Crippen LogP contribution >= 0.6 is 11.6 Å². The fourth-order valence-corrected chi connectivity index (χ4v) is 2.19. The smallest absolute Gasteiger partial charge is 0.0509 e. The van der Waals surface area contributed by atoms with Gasteiger partial charge >= 0.3 is 0 Å². The number of hydrogen-bond donors (Lipinski definition) is 0. The summed E-state index contributed by atoms with van der Waals surface area (Å²) in [7, 11) is 2.15. The lowest BCUT2D eigenvalue weighted by molar-refractivity contribution is 0.608. The molecule has 1 heterocycles. The fraction of sp³-hybridized carbons (Fsp3) is 0.583. The molecule has 1 aliphatic carbocycles. The van der Waals surface area contributed by atoms with Gasteiger partial charge in [0.15, 0.2) is 0 Å². The van der Waals surface area contributed by atoms with E-state index in [1.54, 1.807) is 0 Å². The largest absolute Gasteiger partial charge is 0.371 e. The van der Waals surface area contributed by atoms with Crippen LogP contribution in [0.3, 0.4) is 0 Å². The summed E-state index contributed by atoms with van der Waals surface area (Å²) in [5.74, 6) is 1.40. The number of alkyl halides is 1. The summed E-state index contributed by atoms with van der Waals surface area (Å²) in [5.41, 5.74) is 2.34. The molecule has 0 saturated heterocycles. The van der Waals surface area contributed by atoms with Gasteiger partial charge in [-0.2, -0.15) is 0 Å². The van der Waals surface area contributed by atoms with Crippen LogP contribution in [0, 0.1) is 5.92 Å². The minimum absolute atomic E-state index is 0.533. The second kappa shape index (κ2) is 4.40. The van der Waals surface area contributed by atoms with Gasteiger partial charge < -0.3 is 4.90 Å². The van der Waals surface area contributed by atoms with Crippen molar-refractivity contribution in [1.29, 1.82) is 0 Å². The standard InChI is InChI=1S/C12H17ClN2/c1-9(10-3-4-10)15(2)12-5-6-14-8-11(12)7-13/h5-6,8-10H,3-4,7H2,1-2H3. The number of anilines is 1. The van der Waals surface area contributed by atoms with E-state index >= 15 is 0 Å². The lowest BCUT2D eigenvalue weighted by atomic mass is 10.1. The maximum atomic E-state index is 5.91. The van der Waals surface area contributed by atoms with Crippen molar-refractivity contribution < 1.29 is 0 Å². The molecule has 0 bridgehead atoms. The van der Waals surface area contributed by atoms with Crippen LogP contribution in [0.4, 0.5) is 5.69 Å². The van der Waals surface area contributed by atoms with Gasteiger partial charge in [0.2, 0.25) is 0 Å². The van der Waals surface area contributed by atoms with Crippen LogP contribution in [-0.4, -0.2) is 18.1 Å². The van der Waals surface area contributed by atoms with Crippen molar-refractivity contribution in [1.82, 2.24) is 4.98 Å². The van der Waals surface area contributed by atoms with Crippen LogP contribution in [-0.2, 0) is 5.88 Å². The first-order valence-corrected chi connectivity index (χ1v) is 5.99. The Balaban J connectivity index is 2.19. The third kappa shape index (κ3) is 2.25. The molecule has 1 unspecified atom stereocenters. The molecule has 2 rings (SSSR count). The Morgan fingerprint density at radius 3 is 2.93 bits per heavy atom. The maximum Gasteiger partial charge on any atom is 0.0509 e. The monoisotopic (exact) mass is 224 g/mol. The molecule has 0 amide bonds.